The first-order chi connectivity index (χ1) is 7.84. The van der Waals surface area contributed by atoms with Crippen molar-refractivity contribution in [2.75, 3.05) is 0 Å². The number of halogens is 1. The summed E-state index contributed by atoms with van der Waals surface area (Å²) in [4.78, 5) is 0. The lowest BCUT2D eigenvalue weighted by molar-refractivity contribution is -0.0316. The number of ether oxygens (including phenoxy) is 1. The molecule has 1 aromatic carbocycles. The molecular formula is C12H18BFO3. The molecule has 0 amide bonds. The molecule has 0 heterocycles. The Balaban J connectivity index is 2.78. The highest BCUT2D eigenvalue weighted by atomic mass is 19.1. The van der Waals surface area contributed by atoms with Crippen molar-refractivity contribution in [2.45, 2.75) is 39.4 Å². The minimum Gasteiger partial charge on any atom is -0.423 e. The minimum absolute atomic E-state index is 0.137. The highest BCUT2D eigenvalue weighted by Gasteiger charge is 2.17. The zero-order chi connectivity index (χ0) is 13.1. The van der Waals surface area contributed by atoms with Gasteiger partial charge in [0.2, 0.25) is 0 Å². The molecule has 0 aliphatic rings. The van der Waals surface area contributed by atoms with Crippen LogP contribution in [0.5, 0.6) is 0 Å². The van der Waals surface area contributed by atoms with Crippen LogP contribution in [0, 0.1) is 5.82 Å². The quantitative estimate of drug-likeness (QED) is 0.760. The smallest absolute Gasteiger partial charge is 0.423 e. The molecule has 0 atom stereocenters. The van der Waals surface area contributed by atoms with Crippen molar-refractivity contribution in [3.63, 3.8) is 0 Å². The Morgan fingerprint density at radius 2 is 1.94 bits per heavy atom. The number of hydrogen-bond donors (Lipinski definition) is 2. The molecule has 0 spiro atoms. The fraction of sp³-hybridized carbons (Fsp3) is 0.500. The predicted molar refractivity (Wildman–Crippen MR) is 65.4 cm³/mol. The van der Waals surface area contributed by atoms with Crippen LogP contribution in [0.3, 0.4) is 0 Å². The van der Waals surface area contributed by atoms with E-state index in [9.17, 15) is 4.39 Å². The predicted octanol–water partition coefficient (Wildman–Crippen LogP) is 1.21. The van der Waals surface area contributed by atoms with Crippen molar-refractivity contribution in [3.8, 4) is 0 Å². The first-order valence-corrected chi connectivity index (χ1v) is 5.63. The van der Waals surface area contributed by atoms with E-state index >= 15 is 0 Å². The lowest BCUT2D eigenvalue weighted by Crippen LogP contribution is -2.31. The van der Waals surface area contributed by atoms with Crippen LogP contribution in [0.1, 0.15) is 32.8 Å². The van der Waals surface area contributed by atoms with Crippen LogP contribution in [0.2, 0.25) is 0 Å². The molecule has 3 nitrogen and oxygen atoms in total. The second-order valence-corrected chi connectivity index (χ2v) is 4.67. The Kier molecular flexibility index (Phi) is 4.68. The molecule has 5 heteroatoms. The normalized spacial score (nSPS) is 11.6. The molecule has 0 aromatic heterocycles. The molecule has 1 rings (SSSR count). The number of benzene rings is 1. The van der Waals surface area contributed by atoms with Crippen molar-refractivity contribution >= 4 is 12.6 Å². The van der Waals surface area contributed by atoms with Gasteiger partial charge in [0.25, 0.3) is 0 Å². The highest BCUT2D eigenvalue weighted by Crippen LogP contribution is 2.16. The summed E-state index contributed by atoms with van der Waals surface area (Å²) in [6.07, 6.45) is 0.845. The Morgan fingerprint density at radius 3 is 2.47 bits per heavy atom. The number of hydrogen-bond acceptors (Lipinski definition) is 3. The fourth-order valence-electron chi connectivity index (χ4n) is 1.29. The maximum absolute atomic E-state index is 13.2. The second-order valence-electron chi connectivity index (χ2n) is 4.67. The van der Waals surface area contributed by atoms with Crippen molar-refractivity contribution in [2.24, 2.45) is 0 Å². The van der Waals surface area contributed by atoms with Gasteiger partial charge in [-0.3, -0.25) is 0 Å². The van der Waals surface area contributed by atoms with Gasteiger partial charge in [0.15, 0.2) is 0 Å². The molecule has 94 valence electrons. The maximum atomic E-state index is 13.2. The van der Waals surface area contributed by atoms with Gasteiger partial charge in [-0.15, -0.1) is 0 Å². The van der Waals surface area contributed by atoms with Gasteiger partial charge in [-0.2, -0.15) is 0 Å². The van der Waals surface area contributed by atoms with Crippen molar-refractivity contribution in [3.05, 3.63) is 29.6 Å². The Bertz CT molecular complexity index is 380. The Labute approximate surface area is 101 Å². The summed E-state index contributed by atoms with van der Waals surface area (Å²) in [5.74, 6) is -0.497. The summed E-state index contributed by atoms with van der Waals surface area (Å²) in [5, 5.41) is 18.0. The van der Waals surface area contributed by atoms with Gasteiger partial charge >= 0.3 is 7.12 Å². The van der Waals surface area contributed by atoms with Gasteiger partial charge in [-0.25, -0.2) is 4.39 Å². The van der Waals surface area contributed by atoms with E-state index in [4.69, 9.17) is 14.8 Å². The van der Waals surface area contributed by atoms with Gasteiger partial charge in [-0.1, -0.05) is 13.0 Å². The van der Waals surface area contributed by atoms with E-state index < -0.39 is 12.9 Å². The zero-order valence-corrected chi connectivity index (χ0v) is 10.4. The summed E-state index contributed by atoms with van der Waals surface area (Å²) >= 11 is 0. The topological polar surface area (TPSA) is 49.7 Å². The van der Waals surface area contributed by atoms with E-state index in [0.717, 1.165) is 12.5 Å². The molecule has 0 aliphatic carbocycles. The lowest BCUT2D eigenvalue weighted by Gasteiger charge is -2.23. The van der Waals surface area contributed by atoms with Gasteiger partial charge < -0.3 is 14.8 Å². The largest absolute Gasteiger partial charge is 0.488 e. The summed E-state index contributed by atoms with van der Waals surface area (Å²) in [5.41, 5.74) is 0.456. The van der Waals surface area contributed by atoms with E-state index in [1.165, 1.54) is 12.1 Å². The standard InChI is InChI=1S/C12H18BFO3/c1-4-12(2,3)17-8-9-5-10(13(15)16)7-11(14)6-9/h5-7,15-16H,4,8H2,1-3H3. The Hall–Kier alpha value is -0.905. The third-order valence-electron chi connectivity index (χ3n) is 2.76. The zero-order valence-electron chi connectivity index (χ0n) is 10.4. The molecule has 0 fully saturated rings. The first-order valence-electron chi connectivity index (χ1n) is 5.63. The summed E-state index contributed by atoms with van der Waals surface area (Å²) in [7, 11) is -1.66. The average molecular weight is 240 g/mol. The van der Waals surface area contributed by atoms with Crippen LogP contribution in [-0.2, 0) is 11.3 Å². The van der Waals surface area contributed by atoms with Crippen LogP contribution >= 0.6 is 0 Å². The SMILES string of the molecule is CCC(C)(C)OCc1cc(F)cc(B(O)O)c1. The molecule has 0 bridgehead atoms. The molecule has 17 heavy (non-hydrogen) atoms. The van der Waals surface area contributed by atoms with Crippen molar-refractivity contribution in [1.29, 1.82) is 0 Å². The maximum Gasteiger partial charge on any atom is 0.488 e. The number of rotatable bonds is 5. The lowest BCUT2D eigenvalue weighted by atomic mass is 9.79. The molecule has 0 unspecified atom stereocenters. The van der Waals surface area contributed by atoms with Crippen LogP contribution in [0.4, 0.5) is 4.39 Å². The van der Waals surface area contributed by atoms with E-state index in [-0.39, 0.29) is 17.7 Å². The van der Waals surface area contributed by atoms with Crippen LogP contribution in [0.25, 0.3) is 0 Å². The van der Waals surface area contributed by atoms with E-state index in [2.05, 4.69) is 0 Å². The fourth-order valence-corrected chi connectivity index (χ4v) is 1.29. The average Bonchev–Trinajstić information content (AvgIpc) is 2.26. The molecule has 0 saturated carbocycles. The van der Waals surface area contributed by atoms with Gasteiger partial charge in [-0.05, 0) is 43.4 Å². The summed E-state index contributed by atoms with van der Waals surface area (Å²) < 4.78 is 18.8. The van der Waals surface area contributed by atoms with Gasteiger partial charge in [0.1, 0.15) is 5.82 Å². The molecular weight excluding hydrogens is 222 g/mol. The third-order valence-corrected chi connectivity index (χ3v) is 2.76. The van der Waals surface area contributed by atoms with Crippen LogP contribution in [-0.4, -0.2) is 22.8 Å². The molecule has 1 aromatic rings. The first kappa shape index (κ1) is 14.2. The highest BCUT2D eigenvalue weighted by molar-refractivity contribution is 6.58. The van der Waals surface area contributed by atoms with Gasteiger partial charge in [0.05, 0.1) is 12.2 Å². The molecule has 0 saturated heterocycles. The molecule has 0 aliphatic heterocycles. The van der Waals surface area contributed by atoms with E-state index in [1.807, 2.05) is 20.8 Å². The Morgan fingerprint density at radius 1 is 1.29 bits per heavy atom. The summed E-state index contributed by atoms with van der Waals surface area (Å²) in [6, 6.07) is 3.95. The monoisotopic (exact) mass is 240 g/mol. The van der Waals surface area contributed by atoms with Crippen LogP contribution < -0.4 is 5.46 Å². The summed E-state index contributed by atoms with van der Waals surface area (Å²) in [6.45, 7) is 6.16. The van der Waals surface area contributed by atoms with Crippen molar-refractivity contribution in [1.82, 2.24) is 0 Å². The van der Waals surface area contributed by atoms with Crippen molar-refractivity contribution < 1.29 is 19.2 Å². The van der Waals surface area contributed by atoms with Crippen LogP contribution in [0.15, 0.2) is 18.2 Å². The van der Waals surface area contributed by atoms with Gasteiger partial charge in [0, 0.05) is 0 Å². The minimum atomic E-state index is -1.66. The third kappa shape index (κ3) is 4.46. The van der Waals surface area contributed by atoms with E-state index in [1.54, 1.807) is 0 Å². The second kappa shape index (κ2) is 5.62. The van der Waals surface area contributed by atoms with E-state index in [0.29, 0.717) is 5.56 Å². The molecule has 0 radical (unpaired) electrons. The molecule has 2 N–H and O–H groups in total.